The van der Waals surface area contributed by atoms with Crippen LogP contribution in [0.3, 0.4) is 0 Å². The van der Waals surface area contributed by atoms with Crippen LogP contribution in [0.5, 0.6) is 0 Å². The lowest BCUT2D eigenvalue weighted by atomic mass is 9.81. The number of thiophene rings is 1. The molecule has 1 aromatic heterocycles. The molecule has 0 spiro atoms. The van der Waals surface area contributed by atoms with Crippen LogP contribution >= 0.6 is 11.3 Å². The van der Waals surface area contributed by atoms with E-state index in [9.17, 15) is 4.39 Å². The summed E-state index contributed by atoms with van der Waals surface area (Å²) in [6.45, 7) is 1.56. The molecule has 1 unspecified atom stereocenters. The fraction of sp³-hybridized carbons (Fsp3) is 0.259. The molecule has 31 heavy (non-hydrogen) atoms. The Hall–Kier alpha value is -2.53. The third-order valence-electron chi connectivity index (χ3n) is 6.25. The number of nitrogens with zero attached hydrogens (tertiary/aromatic N) is 1. The van der Waals surface area contributed by atoms with E-state index in [2.05, 4.69) is 66.8 Å². The average Bonchev–Trinajstić information content (AvgIpc) is 3.36. The summed E-state index contributed by atoms with van der Waals surface area (Å²) in [6.07, 6.45) is 1.87. The lowest BCUT2D eigenvalue weighted by molar-refractivity contribution is -0.0140. The van der Waals surface area contributed by atoms with Crippen molar-refractivity contribution >= 4 is 21.4 Å². The molecule has 0 saturated carbocycles. The van der Waals surface area contributed by atoms with Crippen LogP contribution in [0.1, 0.15) is 29.5 Å². The minimum atomic E-state index is -0.520. The first-order valence-corrected chi connectivity index (χ1v) is 11.6. The van der Waals surface area contributed by atoms with Gasteiger partial charge in [-0.25, -0.2) is 4.39 Å². The molecule has 0 N–H and O–H groups in total. The topological polar surface area (TPSA) is 12.5 Å². The molecular formula is C27H26FNOS. The van der Waals surface area contributed by atoms with Crippen molar-refractivity contribution in [2.75, 3.05) is 20.6 Å². The minimum absolute atomic E-state index is 0.218. The standard InChI is InChI=1S/C27H26FNOS/c1-29(2)15-5-14-27(21-9-11-22(28)12-10-21)25-13-8-19(16-20(25)17-30-27)24-18-31-26-7-4-3-6-23(24)26/h3-4,6-13,16,18H,5,14-15,17H2,1-2H3. The summed E-state index contributed by atoms with van der Waals surface area (Å²) in [5.41, 5.74) is 5.44. The molecule has 0 fully saturated rings. The van der Waals surface area contributed by atoms with Crippen LogP contribution in [0.25, 0.3) is 21.2 Å². The molecule has 1 atom stereocenters. The van der Waals surface area contributed by atoms with Crippen LogP contribution in [0.2, 0.25) is 0 Å². The van der Waals surface area contributed by atoms with Crippen LogP contribution in [0.15, 0.2) is 72.1 Å². The molecule has 1 aliphatic heterocycles. The Labute approximate surface area is 186 Å². The molecule has 0 saturated heterocycles. The van der Waals surface area contributed by atoms with Crippen molar-refractivity contribution < 1.29 is 9.13 Å². The molecule has 5 rings (SSSR count). The lowest BCUT2D eigenvalue weighted by Crippen LogP contribution is -2.28. The zero-order valence-electron chi connectivity index (χ0n) is 17.9. The first kappa shape index (κ1) is 20.4. The minimum Gasteiger partial charge on any atom is -0.361 e. The fourth-order valence-corrected chi connectivity index (χ4v) is 5.68. The lowest BCUT2D eigenvalue weighted by Gasteiger charge is -2.31. The van der Waals surface area contributed by atoms with Crippen molar-refractivity contribution in [3.8, 4) is 11.1 Å². The smallest absolute Gasteiger partial charge is 0.123 e. The predicted molar refractivity (Wildman–Crippen MR) is 127 cm³/mol. The van der Waals surface area contributed by atoms with Crippen LogP contribution in [0, 0.1) is 5.82 Å². The molecule has 1 aliphatic rings. The zero-order valence-corrected chi connectivity index (χ0v) is 18.7. The van der Waals surface area contributed by atoms with Gasteiger partial charge in [0.25, 0.3) is 0 Å². The quantitative estimate of drug-likeness (QED) is 0.332. The van der Waals surface area contributed by atoms with Crippen molar-refractivity contribution in [3.05, 3.63) is 94.6 Å². The second-order valence-corrected chi connectivity index (χ2v) is 9.46. The third-order valence-corrected chi connectivity index (χ3v) is 7.21. The van der Waals surface area contributed by atoms with Crippen molar-refractivity contribution in [3.63, 3.8) is 0 Å². The Morgan fingerprint density at radius 1 is 1.03 bits per heavy atom. The van der Waals surface area contributed by atoms with Gasteiger partial charge in [0.1, 0.15) is 11.4 Å². The fourth-order valence-electron chi connectivity index (χ4n) is 4.71. The number of ether oxygens (including phenoxy) is 1. The van der Waals surface area contributed by atoms with Gasteiger partial charge in [0.15, 0.2) is 0 Å². The van der Waals surface area contributed by atoms with E-state index >= 15 is 0 Å². The number of hydrogen-bond donors (Lipinski definition) is 0. The molecule has 4 heteroatoms. The van der Waals surface area contributed by atoms with Crippen LogP contribution < -0.4 is 0 Å². The van der Waals surface area contributed by atoms with E-state index < -0.39 is 5.60 Å². The van der Waals surface area contributed by atoms with Gasteiger partial charge in [-0.2, -0.15) is 0 Å². The normalized spacial score (nSPS) is 18.1. The van der Waals surface area contributed by atoms with Gasteiger partial charge in [0, 0.05) is 15.6 Å². The maximum Gasteiger partial charge on any atom is 0.123 e. The second-order valence-electron chi connectivity index (χ2n) is 8.55. The number of rotatable bonds is 6. The predicted octanol–water partition coefficient (Wildman–Crippen LogP) is 6.82. The van der Waals surface area contributed by atoms with Gasteiger partial charge in [-0.3, -0.25) is 0 Å². The molecule has 0 amide bonds. The number of halogens is 1. The number of fused-ring (bicyclic) bond motifs is 2. The highest BCUT2D eigenvalue weighted by Crippen LogP contribution is 2.47. The summed E-state index contributed by atoms with van der Waals surface area (Å²) in [7, 11) is 4.18. The van der Waals surface area contributed by atoms with Crippen molar-refractivity contribution in [2.24, 2.45) is 0 Å². The van der Waals surface area contributed by atoms with Crippen LogP contribution in [0.4, 0.5) is 4.39 Å². The van der Waals surface area contributed by atoms with E-state index in [1.807, 2.05) is 12.1 Å². The molecule has 0 radical (unpaired) electrons. The zero-order chi connectivity index (χ0) is 21.4. The van der Waals surface area contributed by atoms with E-state index in [1.165, 1.54) is 44.5 Å². The van der Waals surface area contributed by atoms with Crippen molar-refractivity contribution in [1.82, 2.24) is 4.90 Å². The number of benzene rings is 3. The summed E-state index contributed by atoms with van der Waals surface area (Å²) >= 11 is 1.78. The summed E-state index contributed by atoms with van der Waals surface area (Å²) < 4.78 is 21.5. The Morgan fingerprint density at radius 3 is 2.65 bits per heavy atom. The third kappa shape index (κ3) is 3.69. The molecule has 2 nitrogen and oxygen atoms in total. The molecule has 158 valence electrons. The van der Waals surface area contributed by atoms with E-state index in [-0.39, 0.29) is 5.82 Å². The Kier molecular flexibility index (Phi) is 5.39. The van der Waals surface area contributed by atoms with Gasteiger partial charge >= 0.3 is 0 Å². The van der Waals surface area contributed by atoms with Gasteiger partial charge in [-0.1, -0.05) is 42.5 Å². The Morgan fingerprint density at radius 2 is 1.84 bits per heavy atom. The highest BCUT2D eigenvalue weighted by atomic mass is 32.1. The van der Waals surface area contributed by atoms with E-state index in [0.717, 1.165) is 24.9 Å². The first-order valence-electron chi connectivity index (χ1n) is 10.7. The van der Waals surface area contributed by atoms with Crippen LogP contribution in [-0.4, -0.2) is 25.5 Å². The first-order chi connectivity index (χ1) is 15.1. The SMILES string of the molecule is CN(C)CCCC1(c2ccc(F)cc2)OCc2cc(-c3csc4ccccc34)ccc21. The van der Waals surface area contributed by atoms with E-state index in [4.69, 9.17) is 4.74 Å². The molecule has 0 bridgehead atoms. The highest BCUT2D eigenvalue weighted by Gasteiger charge is 2.41. The van der Waals surface area contributed by atoms with E-state index in [0.29, 0.717) is 6.61 Å². The Bertz CT molecular complexity index is 1210. The van der Waals surface area contributed by atoms with Crippen LogP contribution in [-0.2, 0) is 16.9 Å². The maximum atomic E-state index is 13.6. The maximum absolute atomic E-state index is 13.6. The molecule has 4 aromatic rings. The largest absolute Gasteiger partial charge is 0.361 e. The van der Waals surface area contributed by atoms with E-state index in [1.54, 1.807) is 11.3 Å². The number of hydrogen-bond acceptors (Lipinski definition) is 3. The summed E-state index contributed by atoms with van der Waals surface area (Å²) in [5.74, 6) is -0.218. The van der Waals surface area contributed by atoms with Crippen molar-refractivity contribution in [2.45, 2.75) is 25.0 Å². The van der Waals surface area contributed by atoms with Gasteiger partial charge < -0.3 is 9.64 Å². The Balaban J connectivity index is 1.56. The van der Waals surface area contributed by atoms with Gasteiger partial charge in [-0.05, 0) is 85.4 Å². The molecule has 3 aromatic carbocycles. The summed E-state index contributed by atoms with van der Waals surface area (Å²) in [6, 6.07) is 22.1. The summed E-state index contributed by atoms with van der Waals surface area (Å²) in [4.78, 5) is 2.19. The molecule has 0 aliphatic carbocycles. The highest BCUT2D eigenvalue weighted by molar-refractivity contribution is 7.17. The summed E-state index contributed by atoms with van der Waals surface area (Å²) in [5, 5.41) is 3.54. The van der Waals surface area contributed by atoms with Crippen molar-refractivity contribution in [1.29, 1.82) is 0 Å². The van der Waals surface area contributed by atoms with Gasteiger partial charge in [0.2, 0.25) is 0 Å². The molecular weight excluding hydrogens is 405 g/mol. The molecule has 2 heterocycles. The second kappa shape index (κ2) is 8.19. The monoisotopic (exact) mass is 431 g/mol. The van der Waals surface area contributed by atoms with Gasteiger partial charge in [-0.15, -0.1) is 11.3 Å². The average molecular weight is 432 g/mol. The van der Waals surface area contributed by atoms with Gasteiger partial charge in [0.05, 0.1) is 6.61 Å².